The second kappa shape index (κ2) is 7.46. The number of carbonyl (C=O) groups excluding carboxylic acids is 1. The molecule has 1 amide bonds. The Bertz CT molecular complexity index is 1090. The van der Waals surface area contributed by atoms with E-state index in [1.807, 2.05) is 17.0 Å². The number of amides is 1. The number of benzene rings is 2. The molecule has 2 aromatic carbocycles. The van der Waals surface area contributed by atoms with E-state index in [0.29, 0.717) is 17.9 Å². The lowest BCUT2D eigenvalue weighted by Crippen LogP contribution is -2.31. The molecule has 0 bridgehead atoms. The van der Waals surface area contributed by atoms with Crippen LogP contribution in [0.2, 0.25) is 0 Å². The highest BCUT2D eigenvalue weighted by Gasteiger charge is 2.33. The molecule has 8 heteroatoms. The lowest BCUT2D eigenvalue weighted by Gasteiger charge is -2.25. The monoisotopic (exact) mass is 391 g/mol. The summed E-state index contributed by atoms with van der Waals surface area (Å²) in [7, 11) is 0. The summed E-state index contributed by atoms with van der Waals surface area (Å²) in [4.78, 5) is 25.7. The number of nitrogens with zero attached hydrogens (tertiary/aromatic N) is 5. The highest BCUT2D eigenvalue weighted by molar-refractivity contribution is 5.93. The van der Waals surface area contributed by atoms with E-state index >= 15 is 0 Å². The van der Waals surface area contributed by atoms with Crippen molar-refractivity contribution in [2.24, 2.45) is 0 Å². The SMILES string of the molecule is Cc1ccccc1C1CCCN1C(=O)c1nnn(-c2cccc([N+](=O)[O-])c2)c1C. The molecule has 1 unspecified atom stereocenters. The van der Waals surface area contributed by atoms with Crippen LogP contribution in [0.1, 0.15) is 46.2 Å². The molecule has 0 aliphatic carbocycles. The number of aryl methyl sites for hydroxylation is 1. The highest BCUT2D eigenvalue weighted by Crippen LogP contribution is 2.35. The second-order valence-corrected chi connectivity index (χ2v) is 7.23. The fraction of sp³-hybridized carbons (Fsp3) is 0.286. The molecule has 0 N–H and O–H groups in total. The molecule has 148 valence electrons. The maximum absolute atomic E-state index is 13.3. The van der Waals surface area contributed by atoms with Gasteiger partial charge in [0.25, 0.3) is 11.6 Å². The minimum absolute atomic E-state index is 0.0195. The maximum atomic E-state index is 13.3. The van der Waals surface area contributed by atoms with Crippen LogP contribution in [-0.2, 0) is 0 Å². The van der Waals surface area contributed by atoms with E-state index in [-0.39, 0.29) is 23.3 Å². The smallest absolute Gasteiger partial charge is 0.276 e. The summed E-state index contributed by atoms with van der Waals surface area (Å²) in [5.41, 5.74) is 3.61. The first kappa shape index (κ1) is 18.8. The van der Waals surface area contributed by atoms with Crippen molar-refractivity contribution in [2.45, 2.75) is 32.7 Å². The van der Waals surface area contributed by atoms with E-state index in [0.717, 1.165) is 24.0 Å². The van der Waals surface area contributed by atoms with Gasteiger partial charge in [-0.1, -0.05) is 35.5 Å². The summed E-state index contributed by atoms with van der Waals surface area (Å²) >= 11 is 0. The Hall–Kier alpha value is -3.55. The van der Waals surface area contributed by atoms with Gasteiger partial charge in [0.2, 0.25) is 0 Å². The van der Waals surface area contributed by atoms with Gasteiger partial charge < -0.3 is 4.90 Å². The molecule has 0 radical (unpaired) electrons. The van der Waals surface area contributed by atoms with E-state index in [2.05, 4.69) is 29.4 Å². The quantitative estimate of drug-likeness (QED) is 0.498. The topological polar surface area (TPSA) is 94.2 Å². The van der Waals surface area contributed by atoms with Crippen LogP contribution in [-0.4, -0.2) is 37.3 Å². The van der Waals surface area contributed by atoms with Gasteiger partial charge in [0.1, 0.15) is 0 Å². The summed E-state index contributed by atoms with van der Waals surface area (Å²) in [5.74, 6) is -0.162. The molecule has 8 nitrogen and oxygen atoms in total. The third-order valence-corrected chi connectivity index (χ3v) is 5.44. The number of aromatic nitrogens is 3. The van der Waals surface area contributed by atoms with E-state index in [4.69, 9.17) is 0 Å². The lowest BCUT2D eigenvalue weighted by atomic mass is 9.99. The molecule has 1 saturated heterocycles. The standard InChI is InChI=1S/C21H21N5O3/c1-14-7-3-4-10-18(14)19-11-6-12-24(19)21(27)20-15(2)25(23-22-20)16-8-5-9-17(13-16)26(28)29/h3-5,7-10,13,19H,6,11-12H2,1-2H3. The summed E-state index contributed by atoms with van der Waals surface area (Å²) in [6.07, 6.45) is 1.84. The Morgan fingerprint density at radius 2 is 1.97 bits per heavy atom. The van der Waals surface area contributed by atoms with Crippen LogP contribution in [0.5, 0.6) is 0 Å². The molecule has 29 heavy (non-hydrogen) atoms. The number of likely N-dealkylation sites (tertiary alicyclic amines) is 1. The summed E-state index contributed by atoms with van der Waals surface area (Å²) in [5, 5.41) is 19.3. The normalized spacial score (nSPS) is 16.2. The van der Waals surface area contributed by atoms with E-state index in [1.165, 1.54) is 16.8 Å². The van der Waals surface area contributed by atoms with Gasteiger partial charge in [-0.05, 0) is 43.9 Å². The van der Waals surface area contributed by atoms with Crippen LogP contribution < -0.4 is 0 Å². The predicted molar refractivity (Wildman–Crippen MR) is 107 cm³/mol. The van der Waals surface area contributed by atoms with Crippen LogP contribution in [0, 0.1) is 24.0 Å². The molecule has 0 saturated carbocycles. The van der Waals surface area contributed by atoms with Crippen molar-refractivity contribution >= 4 is 11.6 Å². The molecular weight excluding hydrogens is 370 g/mol. The summed E-state index contributed by atoms with van der Waals surface area (Å²) in [6.45, 7) is 4.48. The Morgan fingerprint density at radius 1 is 1.17 bits per heavy atom. The van der Waals surface area contributed by atoms with Gasteiger partial charge >= 0.3 is 0 Å². The van der Waals surface area contributed by atoms with Gasteiger partial charge in [-0.25, -0.2) is 4.68 Å². The minimum atomic E-state index is -0.459. The van der Waals surface area contributed by atoms with Crippen LogP contribution in [0.4, 0.5) is 5.69 Å². The lowest BCUT2D eigenvalue weighted by molar-refractivity contribution is -0.384. The van der Waals surface area contributed by atoms with Crippen molar-refractivity contribution in [1.82, 2.24) is 19.9 Å². The van der Waals surface area contributed by atoms with Gasteiger partial charge in [-0.15, -0.1) is 5.10 Å². The molecule has 1 aromatic heterocycles. The average molecular weight is 391 g/mol. The number of carbonyl (C=O) groups is 1. The third kappa shape index (κ3) is 3.37. The number of hydrogen-bond acceptors (Lipinski definition) is 5. The molecule has 0 spiro atoms. The molecule has 1 fully saturated rings. The van der Waals surface area contributed by atoms with E-state index in [9.17, 15) is 14.9 Å². The number of nitro groups is 1. The first-order valence-electron chi connectivity index (χ1n) is 9.51. The molecule has 4 rings (SSSR count). The summed E-state index contributed by atoms with van der Waals surface area (Å²) in [6, 6.07) is 14.3. The van der Waals surface area contributed by atoms with Crippen molar-refractivity contribution in [3.05, 3.63) is 81.2 Å². The zero-order valence-corrected chi connectivity index (χ0v) is 16.3. The van der Waals surface area contributed by atoms with Crippen LogP contribution in [0.25, 0.3) is 5.69 Å². The molecule has 1 aliphatic heterocycles. The Balaban J connectivity index is 1.66. The van der Waals surface area contributed by atoms with Crippen molar-refractivity contribution in [3.8, 4) is 5.69 Å². The Labute approximate surface area is 167 Å². The number of nitro benzene ring substituents is 1. The fourth-order valence-corrected chi connectivity index (χ4v) is 3.94. The van der Waals surface area contributed by atoms with Gasteiger partial charge in [-0.3, -0.25) is 14.9 Å². The minimum Gasteiger partial charge on any atom is -0.330 e. The molecule has 2 heterocycles. The van der Waals surface area contributed by atoms with Gasteiger partial charge in [0.05, 0.1) is 22.3 Å². The van der Waals surface area contributed by atoms with E-state index < -0.39 is 4.92 Å². The molecule has 1 aliphatic rings. The zero-order valence-electron chi connectivity index (χ0n) is 16.3. The number of hydrogen-bond donors (Lipinski definition) is 0. The second-order valence-electron chi connectivity index (χ2n) is 7.23. The van der Waals surface area contributed by atoms with Crippen molar-refractivity contribution in [2.75, 3.05) is 6.54 Å². The fourth-order valence-electron chi connectivity index (χ4n) is 3.94. The highest BCUT2D eigenvalue weighted by atomic mass is 16.6. The maximum Gasteiger partial charge on any atom is 0.276 e. The van der Waals surface area contributed by atoms with Gasteiger partial charge in [-0.2, -0.15) is 0 Å². The zero-order chi connectivity index (χ0) is 20.5. The first-order valence-corrected chi connectivity index (χ1v) is 9.51. The largest absolute Gasteiger partial charge is 0.330 e. The van der Waals surface area contributed by atoms with Crippen molar-refractivity contribution in [1.29, 1.82) is 0 Å². The average Bonchev–Trinajstić information content (AvgIpc) is 3.35. The molecule has 1 atom stereocenters. The van der Waals surface area contributed by atoms with Crippen molar-refractivity contribution in [3.63, 3.8) is 0 Å². The number of non-ortho nitro benzene ring substituents is 1. The van der Waals surface area contributed by atoms with Crippen molar-refractivity contribution < 1.29 is 9.72 Å². The Kier molecular flexibility index (Phi) is 4.84. The summed E-state index contributed by atoms with van der Waals surface area (Å²) < 4.78 is 1.47. The van der Waals surface area contributed by atoms with Crippen LogP contribution in [0.3, 0.4) is 0 Å². The number of rotatable bonds is 4. The predicted octanol–water partition coefficient (Wildman–Crippen LogP) is 3.77. The molecule has 3 aromatic rings. The van der Waals surface area contributed by atoms with Crippen LogP contribution in [0.15, 0.2) is 48.5 Å². The van der Waals surface area contributed by atoms with Gasteiger partial charge in [0.15, 0.2) is 5.69 Å². The van der Waals surface area contributed by atoms with E-state index in [1.54, 1.807) is 19.1 Å². The van der Waals surface area contributed by atoms with Gasteiger partial charge in [0, 0.05) is 18.7 Å². The molecular formula is C21H21N5O3. The third-order valence-electron chi connectivity index (χ3n) is 5.44. The van der Waals surface area contributed by atoms with Crippen LogP contribution >= 0.6 is 0 Å². The Morgan fingerprint density at radius 3 is 2.72 bits per heavy atom. The first-order chi connectivity index (χ1) is 14.0.